The number of anilines is 2. The standard InChI is InChI=1S/C12H19N3O4S/c1-4-20(17,18)15-10-6-5-9(7-11(10)19-3)14-12(16)8(2)13/h5-8,15H,4,13H2,1-3H3,(H,14,16)/t8-/m1/s1. The van der Waals surface area contributed by atoms with Crippen LogP contribution in [-0.2, 0) is 14.8 Å². The second-order valence-corrected chi connectivity index (χ2v) is 6.21. The molecule has 1 rings (SSSR count). The molecule has 0 bridgehead atoms. The largest absolute Gasteiger partial charge is 0.494 e. The smallest absolute Gasteiger partial charge is 0.241 e. The zero-order valence-electron chi connectivity index (χ0n) is 11.6. The molecule has 4 N–H and O–H groups in total. The van der Waals surface area contributed by atoms with Crippen molar-refractivity contribution in [1.29, 1.82) is 0 Å². The van der Waals surface area contributed by atoms with Gasteiger partial charge >= 0.3 is 0 Å². The van der Waals surface area contributed by atoms with E-state index in [2.05, 4.69) is 10.0 Å². The maximum atomic E-state index is 11.5. The van der Waals surface area contributed by atoms with Gasteiger partial charge in [0, 0.05) is 11.8 Å². The Morgan fingerprint density at radius 3 is 2.60 bits per heavy atom. The lowest BCUT2D eigenvalue weighted by atomic mass is 10.2. The molecule has 0 unspecified atom stereocenters. The Morgan fingerprint density at radius 1 is 1.45 bits per heavy atom. The van der Waals surface area contributed by atoms with Crippen LogP contribution in [0.3, 0.4) is 0 Å². The number of carbonyl (C=O) groups excluding carboxylic acids is 1. The van der Waals surface area contributed by atoms with E-state index in [0.29, 0.717) is 17.1 Å². The first-order valence-corrected chi connectivity index (χ1v) is 7.69. The first-order chi connectivity index (χ1) is 9.29. The van der Waals surface area contributed by atoms with Gasteiger partial charge in [0.05, 0.1) is 24.6 Å². The number of amides is 1. The predicted molar refractivity (Wildman–Crippen MR) is 78.4 cm³/mol. The first kappa shape index (κ1) is 16.3. The quantitative estimate of drug-likeness (QED) is 0.718. The van der Waals surface area contributed by atoms with E-state index >= 15 is 0 Å². The van der Waals surface area contributed by atoms with Crippen molar-refractivity contribution in [2.45, 2.75) is 19.9 Å². The van der Waals surface area contributed by atoms with Gasteiger partial charge in [0.2, 0.25) is 15.9 Å². The number of ether oxygens (including phenoxy) is 1. The van der Waals surface area contributed by atoms with Crippen LogP contribution in [-0.4, -0.2) is 33.2 Å². The van der Waals surface area contributed by atoms with Gasteiger partial charge < -0.3 is 15.8 Å². The summed E-state index contributed by atoms with van der Waals surface area (Å²) in [5, 5.41) is 2.60. The molecule has 0 fully saturated rings. The lowest BCUT2D eigenvalue weighted by Crippen LogP contribution is -2.32. The Labute approximate surface area is 118 Å². The minimum atomic E-state index is -3.39. The first-order valence-electron chi connectivity index (χ1n) is 6.04. The van der Waals surface area contributed by atoms with Gasteiger partial charge in [0.1, 0.15) is 5.75 Å². The maximum absolute atomic E-state index is 11.5. The molecule has 0 saturated carbocycles. The number of methoxy groups -OCH3 is 1. The van der Waals surface area contributed by atoms with Crippen molar-refractivity contribution in [1.82, 2.24) is 0 Å². The maximum Gasteiger partial charge on any atom is 0.241 e. The van der Waals surface area contributed by atoms with E-state index in [4.69, 9.17) is 10.5 Å². The summed E-state index contributed by atoms with van der Waals surface area (Å²) in [5.41, 5.74) is 6.24. The zero-order chi connectivity index (χ0) is 15.3. The van der Waals surface area contributed by atoms with Gasteiger partial charge in [-0.1, -0.05) is 0 Å². The summed E-state index contributed by atoms with van der Waals surface area (Å²) < 4.78 is 30.6. The topological polar surface area (TPSA) is 111 Å². The minimum Gasteiger partial charge on any atom is -0.494 e. The average molecular weight is 301 g/mol. The predicted octanol–water partition coefficient (Wildman–Crippen LogP) is 0.742. The molecule has 1 aromatic rings. The SMILES string of the molecule is CCS(=O)(=O)Nc1ccc(NC(=O)[C@@H](C)N)cc1OC. The molecule has 0 aliphatic rings. The lowest BCUT2D eigenvalue weighted by molar-refractivity contribution is -0.117. The van der Waals surface area contributed by atoms with Crippen LogP contribution in [0.25, 0.3) is 0 Å². The molecule has 1 amide bonds. The van der Waals surface area contributed by atoms with E-state index in [1.54, 1.807) is 13.0 Å². The Hall–Kier alpha value is -1.80. The summed E-state index contributed by atoms with van der Waals surface area (Å²) in [7, 11) is -1.98. The Morgan fingerprint density at radius 2 is 2.10 bits per heavy atom. The van der Waals surface area contributed by atoms with Crippen molar-refractivity contribution in [2.75, 3.05) is 22.9 Å². The molecular weight excluding hydrogens is 282 g/mol. The summed E-state index contributed by atoms with van der Waals surface area (Å²) in [5.74, 6) is -0.0716. The minimum absolute atomic E-state index is 0.0423. The Bertz CT molecular complexity index is 584. The van der Waals surface area contributed by atoms with Crippen LogP contribution < -0.4 is 20.5 Å². The van der Waals surface area contributed by atoms with Gasteiger partial charge in [-0.25, -0.2) is 8.42 Å². The molecular formula is C12H19N3O4S. The summed E-state index contributed by atoms with van der Waals surface area (Å²) in [6.45, 7) is 3.10. The summed E-state index contributed by atoms with van der Waals surface area (Å²) in [6.07, 6.45) is 0. The van der Waals surface area contributed by atoms with E-state index in [9.17, 15) is 13.2 Å². The van der Waals surface area contributed by atoms with Crippen LogP contribution in [0.4, 0.5) is 11.4 Å². The molecule has 7 nitrogen and oxygen atoms in total. The zero-order valence-corrected chi connectivity index (χ0v) is 12.5. The summed E-state index contributed by atoms with van der Waals surface area (Å²) >= 11 is 0. The fourth-order valence-corrected chi connectivity index (χ4v) is 2.00. The number of hydrogen-bond acceptors (Lipinski definition) is 5. The molecule has 0 heterocycles. The fraction of sp³-hybridized carbons (Fsp3) is 0.417. The third kappa shape index (κ3) is 4.39. The van der Waals surface area contributed by atoms with Crippen LogP contribution in [0.5, 0.6) is 5.75 Å². The van der Waals surface area contributed by atoms with E-state index in [-0.39, 0.29) is 11.7 Å². The molecule has 0 aliphatic heterocycles. The number of rotatable bonds is 6. The van der Waals surface area contributed by atoms with Crippen molar-refractivity contribution >= 4 is 27.3 Å². The van der Waals surface area contributed by atoms with Crippen LogP contribution >= 0.6 is 0 Å². The number of nitrogens with two attached hydrogens (primary N) is 1. The monoisotopic (exact) mass is 301 g/mol. The molecule has 0 aliphatic carbocycles. The number of sulfonamides is 1. The van der Waals surface area contributed by atoms with E-state index < -0.39 is 16.1 Å². The van der Waals surface area contributed by atoms with Crippen LogP contribution in [0.1, 0.15) is 13.8 Å². The molecule has 8 heteroatoms. The number of nitrogens with one attached hydrogen (secondary N) is 2. The lowest BCUT2D eigenvalue weighted by Gasteiger charge is -2.13. The van der Waals surface area contributed by atoms with E-state index in [0.717, 1.165) is 0 Å². The van der Waals surface area contributed by atoms with Gasteiger partial charge in [-0.15, -0.1) is 0 Å². The highest BCUT2D eigenvalue weighted by atomic mass is 32.2. The number of carbonyl (C=O) groups is 1. The highest BCUT2D eigenvalue weighted by Gasteiger charge is 2.13. The van der Waals surface area contributed by atoms with E-state index in [1.807, 2.05) is 0 Å². The van der Waals surface area contributed by atoms with Gasteiger partial charge in [-0.05, 0) is 26.0 Å². The molecule has 1 aromatic carbocycles. The van der Waals surface area contributed by atoms with Gasteiger partial charge in [-0.2, -0.15) is 0 Å². The van der Waals surface area contributed by atoms with Gasteiger partial charge in [-0.3, -0.25) is 9.52 Å². The fourth-order valence-electron chi connectivity index (χ4n) is 1.35. The van der Waals surface area contributed by atoms with Crippen LogP contribution in [0, 0.1) is 0 Å². The van der Waals surface area contributed by atoms with Crippen LogP contribution in [0.15, 0.2) is 18.2 Å². The van der Waals surface area contributed by atoms with Gasteiger partial charge in [0.25, 0.3) is 0 Å². The molecule has 20 heavy (non-hydrogen) atoms. The Kier molecular flexibility index (Phi) is 5.34. The summed E-state index contributed by atoms with van der Waals surface area (Å²) in [4.78, 5) is 11.5. The van der Waals surface area contributed by atoms with Crippen molar-refractivity contribution in [3.63, 3.8) is 0 Å². The molecule has 0 spiro atoms. The second-order valence-electron chi connectivity index (χ2n) is 4.20. The van der Waals surface area contributed by atoms with Crippen molar-refractivity contribution < 1.29 is 17.9 Å². The third-order valence-electron chi connectivity index (χ3n) is 2.53. The average Bonchev–Trinajstić information content (AvgIpc) is 2.40. The second kappa shape index (κ2) is 6.58. The third-order valence-corrected chi connectivity index (χ3v) is 3.82. The van der Waals surface area contributed by atoms with Crippen molar-refractivity contribution in [3.8, 4) is 5.75 Å². The molecule has 0 aromatic heterocycles. The molecule has 0 saturated heterocycles. The number of benzene rings is 1. The van der Waals surface area contributed by atoms with E-state index in [1.165, 1.54) is 26.2 Å². The van der Waals surface area contributed by atoms with Crippen molar-refractivity contribution in [3.05, 3.63) is 18.2 Å². The summed E-state index contributed by atoms with van der Waals surface area (Å²) in [6, 6.07) is 3.96. The highest BCUT2D eigenvalue weighted by molar-refractivity contribution is 7.92. The van der Waals surface area contributed by atoms with Gasteiger partial charge in [0.15, 0.2) is 0 Å². The highest BCUT2D eigenvalue weighted by Crippen LogP contribution is 2.28. The Balaban J connectivity index is 2.99. The molecule has 112 valence electrons. The number of hydrogen-bond donors (Lipinski definition) is 3. The molecule has 0 radical (unpaired) electrons. The molecule has 1 atom stereocenters. The normalized spacial score (nSPS) is 12.6. The van der Waals surface area contributed by atoms with Crippen molar-refractivity contribution in [2.24, 2.45) is 5.73 Å². The van der Waals surface area contributed by atoms with Crippen LogP contribution in [0.2, 0.25) is 0 Å².